The van der Waals surface area contributed by atoms with E-state index in [4.69, 9.17) is 9.47 Å². The highest BCUT2D eigenvalue weighted by molar-refractivity contribution is 5.90. The standard InChI is InChI=1S/C26H40N2O4/c1-24(2,3)22(29)21(32-23(30)28-25(4,5)18-31-26(28,6)7)20-15-11-12-16-27(20)17-19-13-9-8-10-14-19/h8-10,13-14,20-21H,11-12,15-18H2,1-7H3/t20-,21-/m1/s1. The number of nitrogens with zero attached hydrogens (tertiary/aromatic N) is 2. The maximum atomic E-state index is 13.6. The second-order valence-electron chi connectivity index (χ2n) is 11.3. The van der Waals surface area contributed by atoms with Crippen LogP contribution < -0.4 is 0 Å². The smallest absolute Gasteiger partial charge is 0.413 e. The summed E-state index contributed by atoms with van der Waals surface area (Å²) in [6.45, 7) is 15.4. The molecule has 6 heteroatoms. The number of ketones is 1. The average Bonchev–Trinajstić information content (AvgIpc) is 2.93. The predicted octanol–water partition coefficient (Wildman–Crippen LogP) is 5.01. The highest BCUT2D eigenvalue weighted by Gasteiger charge is 2.51. The Balaban J connectivity index is 1.89. The van der Waals surface area contributed by atoms with Crippen molar-refractivity contribution in [1.29, 1.82) is 0 Å². The summed E-state index contributed by atoms with van der Waals surface area (Å²) in [7, 11) is 0. The molecule has 1 aromatic carbocycles. The molecule has 178 valence electrons. The van der Waals surface area contributed by atoms with Crippen LogP contribution in [0.25, 0.3) is 0 Å². The van der Waals surface area contributed by atoms with Crippen molar-refractivity contribution in [3.63, 3.8) is 0 Å². The molecule has 0 aliphatic carbocycles. The van der Waals surface area contributed by atoms with Gasteiger partial charge in [-0.3, -0.25) is 14.6 Å². The van der Waals surface area contributed by atoms with Gasteiger partial charge in [-0.25, -0.2) is 4.79 Å². The van der Waals surface area contributed by atoms with Gasteiger partial charge in [0.05, 0.1) is 18.2 Å². The minimum Gasteiger partial charge on any atom is -0.436 e. The average molecular weight is 445 g/mol. The normalized spacial score (nSPS) is 24.2. The fraction of sp³-hybridized carbons (Fsp3) is 0.692. The van der Waals surface area contributed by atoms with Gasteiger partial charge in [-0.2, -0.15) is 0 Å². The molecule has 2 heterocycles. The molecular formula is C26H40N2O4. The molecule has 2 aliphatic rings. The molecule has 0 spiro atoms. The first kappa shape index (κ1) is 24.7. The SMILES string of the molecule is CC(C)(C)C(=O)[C@H](OC(=O)N1C(C)(C)COC1(C)C)[C@H]1CCCCN1Cc1ccccc1. The third kappa shape index (κ3) is 5.34. The summed E-state index contributed by atoms with van der Waals surface area (Å²) in [6, 6.07) is 10.1. The molecule has 1 amide bonds. The molecule has 0 unspecified atom stereocenters. The largest absolute Gasteiger partial charge is 0.436 e. The van der Waals surface area contributed by atoms with Crippen LogP contribution >= 0.6 is 0 Å². The van der Waals surface area contributed by atoms with E-state index in [1.54, 1.807) is 4.90 Å². The van der Waals surface area contributed by atoms with E-state index in [1.165, 1.54) is 5.56 Å². The first-order chi connectivity index (χ1) is 14.8. The second kappa shape index (κ2) is 9.14. The van der Waals surface area contributed by atoms with E-state index < -0.39 is 28.9 Å². The van der Waals surface area contributed by atoms with Crippen LogP contribution in [0.2, 0.25) is 0 Å². The Bertz CT molecular complexity index is 797. The number of likely N-dealkylation sites (tertiary alicyclic amines) is 1. The van der Waals surface area contributed by atoms with Gasteiger partial charge in [0.1, 0.15) is 5.72 Å². The van der Waals surface area contributed by atoms with Crippen LogP contribution in [0.1, 0.15) is 73.3 Å². The van der Waals surface area contributed by atoms with Crippen molar-refractivity contribution in [2.45, 2.75) is 97.7 Å². The molecule has 0 saturated carbocycles. The maximum absolute atomic E-state index is 13.6. The number of hydrogen-bond donors (Lipinski definition) is 0. The lowest BCUT2D eigenvalue weighted by Gasteiger charge is -2.43. The van der Waals surface area contributed by atoms with Crippen molar-refractivity contribution < 1.29 is 19.1 Å². The van der Waals surface area contributed by atoms with Gasteiger partial charge in [0.25, 0.3) is 0 Å². The topological polar surface area (TPSA) is 59.1 Å². The van der Waals surface area contributed by atoms with Crippen molar-refractivity contribution in [3.8, 4) is 0 Å². The van der Waals surface area contributed by atoms with E-state index in [0.717, 1.165) is 32.4 Å². The zero-order valence-electron chi connectivity index (χ0n) is 20.8. The number of Topliss-reactive ketones (excluding diaryl/α,β-unsaturated/α-hetero) is 1. The Morgan fingerprint density at radius 3 is 2.34 bits per heavy atom. The van der Waals surface area contributed by atoms with Crippen molar-refractivity contribution >= 4 is 11.9 Å². The summed E-state index contributed by atoms with van der Waals surface area (Å²) in [5.74, 6) is -0.0356. The van der Waals surface area contributed by atoms with Gasteiger partial charge in [-0.1, -0.05) is 57.5 Å². The molecule has 2 atom stereocenters. The van der Waals surface area contributed by atoms with Gasteiger partial charge in [-0.15, -0.1) is 0 Å². The lowest BCUT2D eigenvalue weighted by molar-refractivity contribution is -0.143. The zero-order valence-corrected chi connectivity index (χ0v) is 20.8. The van der Waals surface area contributed by atoms with Crippen LogP contribution in [0, 0.1) is 5.41 Å². The Labute approximate surface area is 193 Å². The van der Waals surface area contributed by atoms with Gasteiger partial charge in [0.2, 0.25) is 0 Å². The Morgan fingerprint density at radius 1 is 1.12 bits per heavy atom. The fourth-order valence-corrected chi connectivity index (χ4v) is 4.95. The van der Waals surface area contributed by atoms with Crippen molar-refractivity contribution in [2.24, 2.45) is 5.41 Å². The molecule has 0 radical (unpaired) electrons. The zero-order chi connectivity index (χ0) is 23.7. The molecule has 2 aliphatic heterocycles. The van der Waals surface area contributed by atoms with Gasteiger partial charge in [0.15, 0.2) is 11.9 Å². The lowest BCUT2D eigenvalue weighted by Crippen LogP contribution is -2.58. The summed E-state index contributed by atoms with van der Waals surface area (Å²) in [6.07, 6.45) is 1.62. The number of piperidine rings is 1. The first-order valence-corrected chi connectivity index (χ1v) is 11.8. The molecule has 3 rings (SSSR count). The molecule has 0 N–H and O–H groups in total. The van der Waals surface area contributed by atoms with E-state index in [2.05, 4.69) is 17.0 Å². The number of carbonyl (C=O) groups is 2. The molecular weight excluding hydrogens is 404 g/mol. The Kier molecular flexibility index (Phi) is 7.06. The van der Waals surface area contributed by atoms with Gasteiger partial charge in [-0.05, 0) is 52.6 Å². The quantitative estimate of drug-likeness (QED) is 0.639. The number of hydrogen-bond acceptors (Lipinski definition) is 5. The number of ether oxygens (including phenoxy) is 2. The second-order valence-corrected chi connectivity index (χ2v) is 11.3. The number of carbonyl (C=O) groups excluding carboxylic acids is 2. The minimum atomic E-state index is -0.821. The molecule has 6 nitrogen and oxygen atoms in total. The van der Waals surface area contributed by atoms with Gasteiger partial charge >= 0.3 is 6.09 Å². The van der Waals surface area contributed by atoms with Crippen LogP contribution in [-0.4, -0.2) is 58.2 Å². The summed E-state index contributed by atoms with van der Waals surface area (Å²) >= 11 is 0. The van der Waals surface area contributed by atoms with Crippen LogP contribution in [-0.2, 0) is 20.8 Å². The fourth-order valence-electron chi connectivity index (χ4n) is 4.95. The Morgan fingerprint density at radius 2 is 1.78 bits per heavy atom. The Hall–Kier alpha value is -1.92. The van der Waals surface area contributed by atoms with E-state index in [0.29, 0.717) is 6.61 Å². The summed E-state index contributed by atoms with van der Waals surface area (Å²) in [5, 5.41) is 0. The van der Waals surface area contributed by atoms with E-state index in [-0.39, 0.29) is 11.8 Å². The predicted molar refractivity (Wildman–Crippen MR) is 125 cm³/mol. The monoisotopic (exact) mass is 444 g/mol. The van der Waals surface area contributed by atoms with Crippen molar-refractivity contribution in [2.75, 3.05) is 13.2 Å². The van der Waals surface area contributed by atoms with Gasteiger partial charge in [0, 0.05) is 12.0 Å². The minimum absolute atomic E-state index is 0.0356. The van der Waals surface area contributed by atoms with Gasteiger partial charge < -0.3 is 9.47 Å². The van der Waals surface area contributed by atoms with E-state index in [9.17, 15) is 9.59 Å². The molecule has 2 fully saturated rings. The summed E-state index contributed by atoms with van der Waals surface area (Å²) < 4.78 is 12.0. The van der Waals surface area contributed by atoms with Crippen LogP contribution in [0.15, 0.2) is 30.3 Å². The third-order valence-corrected chi connectivity index (χ3v) is 6.57. The van der Waals surface area contributed by atoms with Crippen molar-refractivity contribution in [3.05, 3.63) is 35.9 Å². The van der Waals surface area contributed by atoms with Crippen molar-refractivity contribution in [1.82, 2.24) is 9.80 Å². The van der Waals surface area contributed by atoms with E-state index >= 15 is 0 Å². The molecule has 0 aromatic heterocycles. The third-order valence-electron chi connectivity index (χ3n) is 6.57. The lowest BCUT2D eigenvalue weighted by atomic mass is 9.82. The van der Waals surface area contributed by atoms with Crippen LogP contribution in [0.5, 0.6) is 0 Å². The summed E-state index contributed by atoms with van der Waals surface area (Å²) in [4.78, 5) is 31.0. The van der Waals surface area contributed by atoms with Crippen LogP contribution in [0.3, 0.4) is 0 Å². The molecule has 2 saturated heterocycles. The molecule has 32 heavy (non-hydrogen) atoms. The molecule has 1 aromatic rings. The van der Waals surface area contributed by atoms with Crippen LogP contribution in [0.4, 0.5) is 4.79 Å². The van der Waals surface area contributed by atoms with E-state index in [1.807, 2.05) is 66.7 Å². The maximum Gasteiger partial charge on any atom is 0.413 e. The summed E-state index contributed by atoms with van der Waals surface area (Å²) in [5.41, 5.74) is -0.714. The number of amides is 1. The molecule has 0 bridgehead atoms. The number of benzene rings is 1. The number of rotatable bonds is 5. The highest BCUT2D eigenvalue weighted by atomic mass is 16.6. The highest BCUT2D eigenvalue weighted by Crippen LogP contribution is 2.36. The first-order valence-electron chi connectivity index (χ1n) is 11.8.